The van der Waals surface area contributed by atoms with Gasteiger partial charge in [-0.1, -0.05) is 72.0 Å². The van der Waals surface area contributed by atoms with Crippen LogP contribution >= 0.6 is 25.8 Å². The lowest BCUT2D eigenvalue weighted by Gasteiger charge is -2.41. The largest absolute Gasteiger partial charge is 0.407 e. The molecule has 7 heterocycles. The Hall–Kier alpha value is -3.62. The lowest BCUT2D eigenvalue weighted by molar-refractivity contribution is -0.0587. The van der Waals surface area contributed by atoms with Crippen LogP contribution in [-0.4, -0.2) is 118 Å². The van der Waals surface area contributed by atoms with Crippen molar-refractivity contribution in [3.63, 3.8) is 0 Å². The smallest absolute Gasteiger partial charge is 0.386 e. The van der Waals surface area contributed by atoms with Crippen LogP contribution in [0.5, 0.6) is 0 Å². The Morgan fingerprint density at radius 2 is 1.43 bits per heavy atom. The molecular weight excluding hydrogens is 1020 g/mol. The topological polar surface area (TPSA) is 260 Å². The third-order valence-corrected chi connectivity index (χ3v) is 26.3. The molecule has 8 rings (SSSR count). The summed E-state index contributed by atoms with van der Waals surface area (Å²) < 4.78 is 78.2. The number of hydrogen-bond acceptors (Lipinski definition) is 19. The minimum atomic E-state index is -4.40. The average molecular weight is 1080 g/mol. The summed E-state index contributed by atoms with van der Waals surface area (Å²) in [5.41, 5.74) is 0.757. The molecule has 3 fully saturated rings. The molecule has 70 heavy (non-hydrogen) atoms. The van der Waals surface area contributed by atoms with Crippen molar-refractivity contribution in [2.75, 3.05) is 25.1 Å². The molecular formula is C42H58N10O12P2S2Si2. The van der Waals surface area contributed by atoms with Crippen molar-refractivity contribution in [2.24, 2.45) is 0 Å². The summed E-state index contributed by atoms with van der Waals surface area (Å²) in [5, 5.41) is 11.8. The van der Waals surface area contributed by atoms with Crippen LogP contribution < -0.4 is 10.9 Å². The van der Waals surface area contributed by atoms with E-state index in [0.29, 0.717) is 5.56 Å². The molecule has 3 aliphatic heterocycles. The van der Waals surface area contributed by atoms with Gasteiger partial charge in [-0.25, -0.2) is 29.5 Å². The van der Waals surface area contributed by atoms with Gasteiger partial charge in [0.15, 0.2) is 57.2 Å². The number of carbonyl (C=O) groups excluding carboxylic acids is 1. The minimum Gasteiger partial charge on any atom is -0.407 e. The molecule has 6 unspecified atom stereocenters. The lowest BCUT2D eigenvalue weighted by Crippen LogP contribution is -2.50. The molecule has 0 saturated carbocycles. The van der Waals surface area contributed by atoms with Crippen molar-refractivity contribution in [3.8, 4) is 6.07 Å². The third kappa shape index (κ3) is 10.9. The highest BCUT2D eigenvalue weighted by Gasteiger charge is 2.57. The fourth-order valence-corrected chi connectivity index (χ4v) is 13.7. The summed E-state index contributed by atoms with van der Waals surface area (Å²) in [7, 11) is -5.48. The molecule has 10 atom stereocenters. The number of benzene rings is 1. The molecule has 0 aliphatic carbocycles. The van der Waals surface area contributed by atoms with Crippen molar-refractivity contribution in [3.05, 3.63) is 71.6 Å². The minimum absolute atomic E-state index is 0.0467. The Labute approximate surface area is 417 Å². The number of anilines is 1. The lowest BCUT2D eigenvalue weighted by atomic mass is 10.1. The second kappa shape index (κ2) is 20.0. The zero-order valence-electron chi connectivity index (χ0n) is 40.4. The molecule has 1 aromatic carbocycles. The number of ether oxygens (including phenoxy) is 2. The number of nitrogens with zero attached hydrogens (tertiary/aromatic N) is 8. The predicted molar refractivity (Wildman–Crippen MR) is 269 cm³/mol. The molecule has 2 N–H and O–H groups in total. The summed E-state index contributed by atoms with van der Waals surface area (Å²) in [6.07, 6.45) is -3.33. The molecule has 0 bridgehead atoms. The highest BCUT2D eigenvalue weighted by atomic mass is 32.7. The second-order valence-corrected chi connectivity index (χ2v) is 35.5. The maximum absolute atomic E-state index is 14.8. The van der Waals surface area contributed by atoms with E-state index in [1.807, 2.05) is 19.2 Å². The molecule has 378 valence electrons. The molecule has 3 aliphatic rings. The summed E-state index contributed by atoms with van der Waals surface area (Å²) in [6, 6.07) is 10.7. The van der Waals surface area contributed by atoms with Gasteiger partial charge in [-0.2, -0.15) is 5.26 Å². The van der Waals surface area contributed by atoms with E-state index in [-0.39, 0.29) is 57.9 Å². The van der Waals surface area contributed by atoms with Gasteiger partial charge in [-0.15, -0.1) is 0 Å². The van der Waals surface area contributed by atoms with Crippen LogP contribution in [0.1, 0.15) is 70.8 Å². The van der Waals surface area contributed by atoms with E-state index in [2.05, 4.69) is 108 Å². The first-order valence-electron chi connectivity index (χ1n) is 22.5. The van der Waals surface area contributed by atoms with Crippen molar-refractivity contribution in [1.29, 1.82) is 5.26 Å². The highest BCUT2D eigenvalue weighted by Crippen LogP contribution is 2.60. The Kier molecular flexibility index (Phi) is 15.1. The van der Waals surface area contributed by atoms with E-state index in [0.717, 1.165) is 0 Å². The van der Waals surface area contributed by atoms with E-state index < -0.39 is 97.3 Å². The number of hydrogen-bond donors (Lipinski definition) is 3. The maximum Gasteiger partial charge on any atom is 0.386 e. The predicted octanol–water partition coefficient (Wildman–Crippen LogP) is 7.80. The third-order valence-electron chi connectivity index (χ3n) is 13.4. The van der Waals surface area contributed by atoms with Crippen molar-refractivity contribution >= 4 is 88.3 Å². The number of aromatic amines is 1. The van der Waals surface area contributed by atoms with Gasteiger partial charge >= 0.3 is 13.5 Å². The first kappa shape index (κ1) is 52.7. The van der Waals surface area contributed by atoms with Gasteiger partial charge in [-0.05, 0) is 60.2 Å². The van der Waals surface area contributed by atoms with Crippen molar-refractivity contribution < 1.29 is 50.3 Å². The summed E-state index contributed by atoms with van der Waals surface area (Å²) in [5.74, 6) is -0.248. The van der Waals surface area contributed by atoms with Gasteiger partial charge < -0.3 is 37.7 Å². The van der Waals surface area contributed by atoms with Crippen LogP contribution in [0.2, 0.25) is 36.3 Å². The Balaban J connectivity index is 1.20. The van der Waals surface area contributed by atoms with E-state index >= 15 is 0 Å². The number of rotatable bonds is 11. The molecule has 5 aromatic rings. The van der Waals surface area contributed by atoms with Gasteiger partial charge in [0, 0.05) is 5.56 Å². The van der Waals surface area contributed by atoms with Gasteiger partial charge in [0.05, 0.1) is 51.3 Å². The first-order valence-corrected chi connectivity index (χ1v) is 33.6. The monoisotopic (exact) mass is 1080 g/mol. The van der Waals surface area contributed by atoms with Crippen LogP contribution in [0.4, 0.5) is 5.82 Å². The van der Waals surface area contributed by atoms with Gasteiger partial charge in [-0.3, -0.25) is 32.3 Å². The molecule has 28 heteroatoms. The van der Waals surface area contributed by atoms with Crippen LogP contribution in [0.3, 0.4) is 0 Å². The number of amides is 1. The van der Waals surface area contributed by atoms with Crippen LogP contribution in [0, 0.1) is 11.3 Å². The van der Waals surface area contributed by atoms with Crippen LogP contribution in [0.15, 0.2) is 60.4 Å². The molecule has 3 saturated heterocycles. The fourth-order valence-electron chi connectivity index (χ4n) is 7.59. The Bertz CT molecular complexity index is 2930. The number of aromatic nitrogens is 8. The Morgan fingerprint density at radius 3 is 2.01 bits per heavy atom. The summed E-state index contributed by atoms with van der Waals surface area (Å²) in [4.78, 5) is 50.9. The average Bonchev–Trinajstić information content (AvgIpc) is 4.06. The maximum atomic E-state index is 14.8. The number of H-pyrrole nitrogens is 1. The molecule has 4 aromatic heterocycles. The number of imidazole rings is 2. The number of carbonyl (C=O) groups is 1. The molecule has 22 nitrogen and oxygen atoms in total. The quantitative estimate of drug-likeness (QED) is 0.0493. The second-order valence-electron chi connectivity index (χ2n) is 20.1. The zero-order chi connectivity index (χ0) is 50.6. The molecule has 0 radical (unpaired) electrons. The molecule has 0 spiro atoms. The van der Waals surface area contributed by atoms with E-state index in [9.17, 15) is 19.4 Å². The highest BCUT2D eigenvalue weighted by molar-refractivity contribution is 8.44. The zero-order valence-corrected chi connectivity index (χ0v) is 45.9. The standard InChI is InChI=1S/C42H58N10O12P2S2Si2/c1-41(2,3)69(7,8)63-32-30-27(60-39(32)51-23-48-28-34(44-21-45-35(28)51)50-37(53)25-15-12-11-13-16-25)20-58-66(68,56-18-14-17-43)62-31-26(19-57-65(55,67)61-30)59-40(33(31)64-70(9,10)42(4,5)6)52-24-49-29-36(52)46-22-47-38(29)54/h11-13,15-16,21-24,26-27,30-33,39-40H,14,18-20H2,1-10H3,(H,55,67)(H,46,47,54)(H,44,45,50,53)/t26?,27?,30-,31-,32-,33-,39?,40?,65?,66?/m1/s1. The van der Waals surface area contributed by atoms with Gasteiger partial charge in [0.2, 0.25) is 0 Å². The van der Waals surface area contributed by atoms with Gasteiger partial charge in [0.1, 0.15) is 43.0 Å². The van der Waals surface area contributed by atoms with Gasteiger partial charge in [0.25, 0.3) is 11.5 Å². The van der Waals surface area contributed by atoms with Crippen molar-refractivity contribution in [1.82, 2.24) is 39.0 Å². The SMILES string of the molecule is CC(C)(C)[Si](C)(C)O[C@H]1C(n2cnc3c(NC(=O)c4ccccc4)ncnc32)OC2COP(=S)(OCCC#N)O[C@@H]3C(COP(=O)(S)O[C@H]21)OC(n1cnc2c(=O)[nH]cnc21)[C@@H]3O[Si](C)(C)C(C)(C)C. The Morgan fingerprint density at radius 1 is 0.871 bits per heavy atom. The number of thiol groups is 1. The fraction of sp³-hybridized carbons (Fsp3) is 0.571. The number of fused-ring (bicyclic) bond motifs is 4. The first-order chi connectivity index (χ1) is 32.8. The molecule has 1 amide bonds. The van der Waals surface area contributed by atoms with E-state index in [4.69, 9.17) is 52.8 Å². The summed E-state index contributed by atoms with van der Waals surface area (Å²) in [6.45, 7) is 11.3. The van der Waals surface area contributed by atoms with Crippen molar-refractivity contribution in [2.45, 2.75) is 133 Å². The number of nitrogens with one attached hydrogen (secondary N) is 2. The number of nitriles is 1. The van der Waals surface area contributed by atoms with Crippen LogP contribution in [0.25, 0.3) is 22.3 Å². The van der Waals surface area contributed by atoms with E-state index in [1.54, 1.807) is 33.4 Å². The summed E-state index contributed by atoms with van der Waals surface area (Å²) >= 11 is 10.7. The normalized spacial score (nSPS) is 29.2. The van der Waals surface area contributed by atoms with E-state index in [1.165, 1.54) is 25.3 Å². The van der Waals surface area contributed by atoms with Crippen LogP contribution in [-0.2, 0) is 57.3 Å².